The van der Waals surface area contributed by atoms with Gasteiger partial charge >= 0.3 is 12.0 Å². The molecule has 0 aromatic rings. The summed E-state index contributed by atoms with van der Waals surface area (Å²) in [4.78, 5) is 35.4. The van der Waals surface area contributed by atoms with Crippen LogP contribution >= 0.6 is 0 Å². The first kappa shape index (κ1) is 18.2. The van der Waals surface area contributed by atoms with E-state index in [0.717, 1.165) is 0 Å². The van der Waals surface area contributed by atoms with Crippen molar-refractivity contribution in [1.82, 2.24) is 15.5 Å². The van der Waals surface area contributed by atoms with Crippen LogP contribution in [0, 0.1) is 5.92 Å². The molecule has 3 amide bonds. The summed E-state index contributed by atoms with van der Waals surface area (Å²) >= 11 is 0. The van der Waals surface area contributed by atoms with Crippen molar-refractivity contribution in [2.45, 2.75) is 39.7 Å². The van der Waals surface area contributed by atoms with Crippen LogP contribution in [0.4, 0.5) is 4.79 Å². The van der Waals surface area contributed by atoms with E-state index < -0.39 is 18.0 Å². The molecule has 0 radical (unpaired) electrons. The third-order valence-corrected chi connectivity index (χ3v) is 2.61. The maximum Gasteiger partial charge on any atom is 0.326 e. The predicted molar refractivity (Wildman–Crippen MR) is 75.3 cm³/mol. The van der Waals surface area contributed by atoms with Crippen molar-refractivity contribution in [3.05, 3.63) is 0 Å². The fourth-order valence-corrected chi connectivity index (χ4v) is 1.47. The molecular weight excluding hydrogens is 262 g/mol. The molecule has 1 unspecified atom stereocenters. The number of rotatable bonds is 8. The number of urea groups is 1. The molecule has 7 heteroatoms. The largest absolute Gasteiger partial charge is 0.480 e. The Morgan fingerprint density at radius 2 is 1.85 bits per heavy atom. The van der Waals surface area contributed by atoms with Crippen LogP contribution in [0.3, 0.4) is 0 Å². The van der Waals surface area contributed by atoms with Gasteiger partial charge in [-0.1, -0.05) is 27.2 Å². The number of hydrogen-bond acceptors (Lipinski definition) is 3. The molecule has 0 rings (SSSR count). The Hall–Kier alpha value is -1.79. The third kappa shape index (κ3) is 7.60. The third-order valence-electron chi connectivity index (χ3n) is 2.61. The van der Waals surface area contributed by atoms with E-state index in [0.29, 0.717) is 25.3 Å². The number of carboxylic acid groups (broad SMARTS) is 1. The number of carbonyl (C=O) groups excluding carboxylic acids is 2. The van der Waals surface area contributed by atoms with Crippen LogP contribution in [0.5, 0.6) is 0 Å². The summed E-state index contributed by atoms with van der Waals surface area (Å²) in [5.41, 5.74) is 0. The van der Waals surface area contributed by atoms with Gasteiger partial charge in [-0.15, -0.1) is 0 Å². The molecule has 0 aromatic heterocycles. The van der Waals surface area contributed by atoms with Crippen LogP contribution in [0.1, 0.15) is 33.6 Å². The molecule has 0 bridgehead atoms. The van der Waals surface area contributed by atoms with Gasteiger partial charge in [-0.25, -0.2) is 9.59 Å². The average molecular weight is 287 g/mol. The summed E-state index contributed by atoms with van der Waals surface area (Å²) < 4.78 is 0. The summed E-state index contributed by atoms with van der Waals surface area (Å²) in [5.74, 6) is -1.00. The zero-order chi connectivity index (χ0) is 15.7. The number of likely N-dealkylation sites (N-methyl/N-ethyl adjacent to an activating group) is 1. The Morgan fingerprint density at radius 1 is 1.25 bits per heavy atom. The molecule has 20 heavy (non-hydrogen) atoms. The van der Waals surface area contributed by atoms with Crippen molar-refractivity contribution < 1.29 is 19.5 Å². The van der Waals surface area contributed by atoms with Crippen LogP contribution < -0.4 is 10.6 Å². The van der Waals surface area contributed by atoms with Crippen LogP contribution in [-0.4, -0.2) is 54.1 Å². The topological polar surface area (TPSA) is 98.7 Å². The zero-order valence-electron chi connectivity index (χ0n) is 12.6. The number of aliphatic carboxylic acids is 1. The Morgan fingerprint density at radius 3 is 2.30 bits per heavy atom. The molecule has 0 aromatic carbocycles. The molecule has 0 aliphatic heterocycles. The predicted octanol–water partition coefficient (Wildman–Crippen LogP) is 0.653. The second-order valence-electron chi connectivity index (χ2n) is 5.18. The average Bonchev–Trinajstić information content (AvgIpc) is 2.35. The van der Waals surface area contributed by atoms with Crippen molar-refractivity contribution in [3.8, 4) is 0 Å². The van der Waals surface area contributed by atoms with Crippen molar-refractivity contribution in [1.29, 1.82) is 0 Å². The van der Waals surface area contributed by atoms with E-state index >= 15 is 0 Å². The number of hydrogen-bond donors (Lipinski definition) is 3. The first-order chi connectivity index (χ1) is 9.27. The minimum Gasteiger partial charge on any atom is -0.480 e. The summed E-state index contributed by atoms with van der Waals surface area (Å²) in [6.45, 7) is 6.22. The Labute approximate surface area is 119 Å². The Balaban J connectivity index is 4.26. The zero-order valence-corrected chi connectivity index (χ0v) is 12.6. The van der Waals surface area contributed by atoms with Gasteiger partial charge in [0.2, 0.25) is 5.91 Å². The first-order valence-corrected chi connectivity index (χ1v) is 6.79. The molecule has 1 atom stereocenters. The second-order valence-corrected chi connectivity index (χ2v) is 5.18. The number of carbonyl (C=O) groups is 3. The first-order valence-electron chi connectivity index (χ1n) is 6.79. The van der Waals surface area contributed by atoms with Gasteiger partial charge in [-0.05, 0) is 12.3 Å². The summed E-state index contributed by atoms with van der Waals surface area (Å²) in [6, 6.07) is -1.49. The van der Waals surface area contributed by atoms with Crippen molar-refractivity contribution in [3.63, 3.8) is 0 Å². The van der Waals surface area contributed by atoms with Gasteiger partial charge in [0.1, 0.15) is 12.6 Å². The van der Waals surface area contributed by atoms with Crippen LogP contribution in [0.25, 0.3) is 0 Å². The lowest BCUT2D eigenvalue weighted by molar-refractivity contribution is -0.139. The smallest absolute Gasteiger partial charge is 0.326 e. The highest BCUT2D eigenvalue weighted by molar-refractivity contribution is 5.86. The van der Waals surface area contributed by atoms with Gasteiger partial charge in [-0.3, -0.25) is 4.79 Å². The van der Waals surface area contributed by atoms with Gasteiger partial charge in [0.15, 0.2) is 0 Å². The quantitative estimate of drug-likeness (QED) is 0.610. The van der Waals surface area contributed by atoms with E-state index in [1.165, 1.54) is 11.9 Å². The van der Waals surface area contributed by atoms with Gasteiger partial charge in [-0.2, -0.15) is 0 Å². The highest BCUT2D eigenvalue weighted by atomic mass is 16.4. The van der Waals surface area contributed by atoms with Crippen LogP contribution in [0.15, 0.2) is 0 Å². The molecule has 0 heterocycles. The highest BCUT2D eigenvalue weighted by Gasteiger charge is 2.21. The second kappa shape index (κ2) is 9.17. The van der Waals surface area contributed by atoms with E-state index in [1.54, 1.807) is 0 Å². The Kier molecular flexibility index (Phi) is 8.35. The number of nitrogens with zero attached hydrogens (tertiary/aromatic N) is 1. The minimum absolute atomic E-state index is 0.100. The molecule has 3 N–H and O–H groups in total. The molecule has 116 valence electrons. The maximum atomic E-state index is 11.8. The molecule has 0 saturated heterocycles. The summed E-state index contributed by atoms with van der Waals surface area (Å²) in [7, 11) is 1.45. The van der Waals surface area contributed by atoms with E-state index in [4.69, 9.17) is 5.11 Å². The minimum atomic E-state index is -1.07. The summed E-state index contributed by atoms with van der Waals surface area (Å²) in [6.07, 6.45) is 1.00. The van der Waals surface area contributed by atoms with Crippen LogP contribution in [0.2, 0.25) is 0 Å². The van der Waals surface area contributed by atoms with Crippen molar-refractivity contribution >= 4 is 17.9 Å². The number of carboxylic acids is 1. The highest BCUT2D eigenvalue weighted by Crippen LogP contribution is 1.98. The fraction of sp³-hybridized carbons (Fsp3) is 0.769. The standard InChI is InChI=1S/C13H25N3O4/c1-5-6-10(12(18)19)15-13(20)16(4)8-11(17)14-7-9(2)3/h9-10H,5-8H2,1-4H3,(H,14,17)(H,15,20)(H,18,19). The number of nitrogens with one attached hydrogen (secondary N) is 2. The van der Waals surface area contributed by atoms with E-state index in [-0.39, 0.29) is 12.5 Å². The van der Waals surface area contributed by atoms with Gasteiger partial charge < -0.3 is 20.6 Å². The lowest BCUT2D eigenvalue weighted by atomic mass is 10.2. The van der Waals surface area contributed by atoms with E-state index in [9.17, 15) is 14.4 Å². The van der Waals surface area contributed by atoms with Gasteiger partial charge in [0, 0.05) is 13.6 Å². The van der Waals surface area contributed by atoms with E-state index in [2.05, 4.69) is 10.6 Å². The number of amides is 3. The molecule has 0 fully saturated rings. The van der Waals surface area contributed by atoms with Gasteiger partial charge in [0.25, 0.3) is 0 Å². The molecule has 0 saturated carbocycles. The van der Waals surface area contributed by atoms with Gasteiger partial charge in [0.05, 0.1) is 0 Å². The summed E-state index contributed by atoms with van der Waals surface area (Å²) in [5, 5.41) is 14.0. The molecule has 0 spiro atoms. The normalized spacial score (nSPS) is 11.8. The van der Waals surface area contributed by atoms with Crippen LogP contribution in [-0.2, 0) is 9.59 Å². The molecule has 0 aliphatic carbocycles. The van der Waals surface area contributed by atoms with Crippen molar-refractivity contribution in [2.75, 3.05) is 20.1 Å². The molecular formula is C13H25N3O4. The maximum absolute atomic E-state index is 11.8. The SMILES string of the molecule is CCCC(NC(=O)N(C)CC(=O)NCC(C)C)C(=O)O. The van der Waals surface area contributed by atoms with Crippen molar-refractivity contribution in [2.24, 2.45) is 5.92 Å². The van der Waals surface area contributed by atoms with E-state index in [1.807, 2.05) is 20.8 Å². The Bertz CT molecular complexity index is 345. The molecule has 7 nitrogen and oxygen atoms in total. The fourth-order valence-electron chi connectivity index (χ4n) is 1.47. The lowest BCUT2D eigenvalue weighted by Gasteiger charge is -2.21. The molecule has 0 aliphatic rings. The monoisotopic (exact) mass is 287 g/mol. The lowest BCUT2D eigenvalue weighted by Crippen LogP contribution is -2.49.